The number of nitrogens with zero attached hydrogens (tertiary/aromatic N) is 2. The van der Waals surface area contributed by atoms with E-state index in [1.54, 1.807) is 0 Å². The molecule has 23 heavy (non-hydrogen) atoms. The lowest BCUT2D eigenvalue weighted by atomic mass is 9.99. The lowest BCUT2D eigenvalue weighted by molar-refractivity contribution is 0.0460. The SMILES string of the molecule is Cc1ccc(C(CN2CCC(O)CC2)N2CCNCC2C)cc1. The normalized spacial score (nSPS) is 26.3. The van der Waals surface area contributed by atoms with Gasteiger partial charge in [0.1, 0.15) is 0 Å². The van der Waals surface area contributed by atoms with Crippen LogP contribution < -0.4 is 5.32 Å². The van der Waals surface area contributed by atoms with Crippen LogP contribution in [0.2, 0.25) is 0 Å². The van der Waals surface area contributed by atoms with Crippen molar-refractivity contribution in [2.24, 2.45) is 0 Å². The van der Waals surface area contributed by atoms with Crippen LogP contribution in [0.5, 0.6) is 0 Å². The van der Waals surface area contributed by atoms with Crippen molar-refractivity contribution >= 4 is 0 Å². The molecule has 2 N–H and O–H groups in total. The smallest absolute Gasteiger partial charge is 0.0564 e. The Hall–Kier alpha value is -0.940. The van der Waals surface area contributed by atoms with Crippen molar-refractivity contribution in [3.05, 3.63) is 35.4 Å². The highest BCUT2D eigenvalue weighted by atomic mass is 16.3. The highest BCUT2D eigenvalue weighted by molar-refractivity contribution is 5.25. The van der Waals surface area contributed by atoms with Crippen LogP contribution in [-0.4, -0.2) is 66.3 Å². The quantitative estimate of drug-likeness (QED) is 0.888. The average molecular weight is 317 g/mol. The monoisotopic (exact) mass is 317 g/mol. The number of piperidine rings is 1. The van der Waals surface area contributed by atoms with Crippen molar-refractivity contribution in [3.63, 3.8) is 0 Å². The van der Waals surface area contributed by atoms with Crippen molar-refractivity contribution in [3.8, 4) is 0 Å². The minimum atomic E-state index is -0.0952. The van der Waals surface area contributed by atoms with Crippen LogP contribution >= 0.6 is 0 Å². The van der Waals surface area contributed by atoms with Crippen molar-refractivity contribution in [1.29, 1.82) is 0 Å². The second-order valence-electron chi connectivity index (χ2n) is 7.25. The molecule has 0 aromatic heterocycles. The molecule has 128 valence electrons. The van der Waals surface area contributed by atoms with Gasteiger partial charge in [-0.3, -0.25) is 4.90 Å². The average Bonchev–Trinajstić information content (AvgIpc) is 2.56. The van der Waals surface area contributed by atoms with E-state index in [-0.39, 0.29) is 6.10 Å². The molecule has 4 nitrogen and oxygen atoms in total. The Balaban J connectivity index is 1.76. The zero-order valence-corrected chi connectivity index (χ0v) is 14.5. The van der Waals surface area contributed by atoms with Crippen LogP contribution in [0.15, 0.2) is 24.3 Å². The molecule has 0 amide bonds. The fourth-order valence-electron chi connectivity index (χ4n) is 3.86. The zero-order chi connectivity index (χ0) is 16.2. The Bertz CT molecular complexity index is 482. The lowest BCUT2D eigenvalue weighted by Crippen LogP contribution is -2.53. The van der Waals surface area contributed by atoms with Gasteiger partial charge in [-0.2, -0.15) is 0 Å². The molecule has 0 radical (unpaired) electrons. The van der Waals surface area contributed by atoms with Gasteiger partial charge in [0.15, 0.2) is 0 Å². The molecule has 1 aromatic carbocycles. The van der Waals surface area contributed by atoms with Gasteiger partial charge < -0.3 is 15.3 Å². The number of rotatable bonds is 4. The molecule has 2 saturated heterocycles. The summed E-state index contributed by atoms with van der Waals surface area (Å²) in [5.41, 5.74) is 2.75. The number of aryl methyl sites for hydroxylation is 1. The van der Waals surface area contributed by atoms with Crippen molar-refractivity contribution in [2.45, 2.75) is 44.9 Å². The number of likely N-dealkylation sites (tertiary alicyclic amines) is 1. The number of piperazine rings is 1. The van der Waals surface area contributed by atoms with E-state index in [4.69, 9.17) is 0 Å². The summed E-state index contributed by atoms with van der Waals surface area (Å²) in [5, 5.41) is 13.3. The highest BCUT2D eigenvalue weighted by Gasteiger charge is 2.29. The van der Waals surface area contributed by atoms with Crippen LogP contribution in [0.3, 0.4) is 0 Å². The van der Waals surface area contributed by atoms with Gasteiger partial charge in [0.2, 0.25) is 0 Å². The van der Waals surface area contributed by atoms with Crippen LogP contribution in [0.4, 0.5) is 0 Å². The summed E-state index contributed by atoms with van der Waals surface area (Å²) < 4.78 is 0. The van der Waals surface area contributed by atoms with Crippen LogP contribution in [0, 0.1) is 6.92 Å². The molecule has 3 rings (SSSR count). The summed E-state index contributed by atoms with van der Waals surface area (Å²) in [6.07, 6.45) is 1.73. The maximum absolute atomic E-state index is 9.75. The summed E-state index contributed by atoms with van der Waals surface area (Å²) in [6, 6.07) is 10.1. The van der Waals surface area contributed by atoms with E-state index >= 15 is 0 Å². The van der Waals surface area contributed by atoms with E-state index in [0.29, 0.717) is 12.1 Å². The van der Waals surface area contributed by atoms with Crippen LogP contribution in [0.1, 0.15) is 36.9 Å². The molecule has 0 saturated carbocycles. The molecule has 0 aliphatic carbocycles. The molecular weight excluding hydrogens is 286 g/mol. The maximum atomic E-state index is 9.75. The van der Waals surface area contributed by atoms with Gasteiger partial charge in [0, 0.05) is 51.4 Å². The summed E-state index contributed by atoms with van der Waals surface area (Å²) in [6.45, 7) is 10.8. The number of benzene rings is 1. The largest absolute Gasteiger partial charge is 0.393 e. The minimum Gasteiger partial charge on any atom is -0.393 e. The number of nitrogens with one attached hydrogen (secondary N) is 1. The number of aliphatic hydroxyl groups excluding tert-OH is 1. The molecule has 2 atom stereocenters. The fraction of sp³-hybridized carbons (Fsp3) is 0.684. The first-order valence-corrected chi connectivity index (χ1v) is 9.07. The topological polar surface area (TPSA) is 38.7 Å². The first-order valence-electron chi connectivity index (χ1n) is 9.07. The van der Waals surface area contributed by atoms with Crippen molar-refractivity contribution < 1.29 is 5.11 Å². The second kappa shape index (κ2) is 7.75. The Labute approximate surface area is 140 Å². The molecule has 0 spiro atoms. The Kier molecular flexibility index (Phi) is 5.70. The molecule has 2 aliphatic heterocycles. The molecule has 2 fully saturated rings. The first kappa shape index (κ1) is 16.9. The molecule has 1 aromatic rings. The highest BCUT2D eigenvalue weighted by Crippen LogP contribution is 2.26. The third kappa shape index (κ3) is 4.32. The number of hydrogen-bond acceptors (Lipinski definition) is 4. The predicted molar refractivity (Wildman–Crippen MR) is 94.6 cm³/mol. The van der Waals surface area contributed by atoms with Gasteiger partial charge in [-0.25, -0.2) is 0 Å². The molecule has 2 aliphatic rings. The van der Waals surface area contributed by atoms with Crippen molar-refractivity contribution in [1.82, 2.24) is 15.1 Å². The molecular formula is C19H31N3O. The Morgan fingerprint density at radius 3 is 2.52 bits per heavy atom. The lowest BCUT2D eigenvalue weighted by Gasteiger charge is -2.43. The Morgan fingerprint density at radius 1 is 1.17 bits per heavy atom. The molecule has 4 heteroatoms. The van der Waals surface area contributed by atoms with Gasteiger partial charge in [-0.05, 0) is 32.3 Å². The summed E-state index contributed by atoms with van der Waals surface area (Å²) >= 11 is 0. The van der Waals surface area contributed by atoms with E-state index in [1.807, 2.05) is 0 Å². The summed E-state index contributed by atoms with van der Waals surface area (Å²) in [4.78, 5) is 5.19. The first-order chi connectivity index (χ1) is 11.1. The van der Waals surface area contributed by atoms with Crippen LogP contribution in [0.25, 0.3) is 0 Å². The maximum Gasteiger partial charge on any atom is 0.0564 e. The zero-order valence-electron chi connectivity index (χ0n) is 14.5. The van der Waals surface area contributed by atoms with Crippen LogP contribution in [-0.2, 0) is 0 Å². The van der Waals surface area contributed by atoms with Gasteiger partial charge in [-0.1, -0.05) is 29.8 Å². The summed E-state index contributed by atoms with van der Waals surface area (Å²) in [5.74, 6) is 0. The van der Waals surface area contributed by atoms with Gasteiger partial charge in [-0.15, -0.1) is 0 Å². The number of aliphatic hydroxyl groups is 1. The summed E-state index contributed by atoms with van der Waals surface area (Å²) in [7, 11) is 0. The van der Waals surface area contributed by atoms with Gasteiger partial charge in [0.25, 0.3) is 0 Å². The standard InChI is InChI=1S/C19H31N3O/c1-15-3-5-17(6-4-15)19(22-12-9-20-13-16(22)2)14-21-10-7-18(23)8-11-21/h3-6,16,18-20,23H,7-14H2,1-2H3. The van der Waals surface area contributed by atoms with Crippen molar-refractivity contribution in [2.75, 3.05) is 39.3 Å². The van der Waals surface area contributed by atoms with E-state index in [2.05, 4.69) is 53.2 Å². The minimum absolute atomic E-state index is 0.0952. The number of hydrogen-bond donors (Lipinski definition) is 2. The van der Waals surface area contributed by atoms with E-state index in [0.717, 1.165) is 52.1 Å². The van der Waals surface area contributed by atoms with Gasteiger partial charge in [0.05, 0.1) is 6.10 Å². The third-order valence-electron chi connectivity index (χ3n) is 5.40. The third-order valence-corrected chi connectivity index (χ3v) is 5.40. The van der Waals surface area contributed by atoms with E-state index in [1.165, 1.54) is 11.1 Å². The van der Waals surface area contributed by atoms with Gasteiger partial charge >= 0.3 is 0 Å². The molecule has 0 bridgehead atoms. The molecule has 2 heterocycles. The second-order valence-corrected chi connectivity index (χ2v) is 7.25. The molecule has 2 unspecified atom stereocenters. The fourth-order valence-corrected chi connectivity index (χ4v) is 3.86. The van der Waals surface area contributed by atoms with E-state index < -0.39 is 0 Å². The Morgan fingerprint density at radius 2 is 1.87 bits per heavy atom. The van der Waals surface area contributed by atoms with E-state index in [9.17, 15) is 5.11 Å². The predicted octanol–water partition coefficient (Wildman–Crippen LogP) is 1.79.